The molecule has 0 radical (unpaired) electrons. The fourth-order valence-corrected chi connectivity index (χ4v) is 2.70. The Morgan fingerprint density at radius 3 is 2.47 bits per heavy atom. The van der Waals surface area contributed by atoms with Gasteiger partial charge in [0.1, 0.15) is 11.6 Å². The number of ether oxygens (including phenoxy) is 1. The van der Waals surface area contributed by atoms with Crippen LogP contribution in [0.1, 0.15) is 11.4 Å². The quantitative estimate of drug-likeness (QED) is 0.276. The van der Waals surface area contributed by atoms with E-state index >= 15 is 0 Å². The van der Waals surface area contributed by atoms with Crippen molar-refractivity contribution in [3.05, 3.63) is 63.1 Å². The van der Waals surface area contributed by atoms with Gasteiger partial charge < -0.3 is 10.1 Å². The molecule has 0 saturated heterocycles. The minimum atomic E-state index is -4.91. The minimum Gasteiger partial charge on any atom is -0.449 e. The molecule has 13 heteroatoms. The lowest BCUT2D eigenvalue weighted by atomic mass is 10.2. The summed E-state index contributed by atoms with van der Waals surface area (Å²) in [4.78, 5) is 0. The lowest BCUT2D eigenvalue weighted by molar-refractivity contribution is -0.138. The molecule has 0 amide bonds. The zero-order valence-corrected chi connectivity index (χ0v) is 16.6. The van der Waals surface area contributed by atoms with E-state index in [0.717, 1.165) is 0 Å². The van der Waals surface area contributed by atoms with E-state index in [2.05, 4.69) is 25.9 Å². The zero-order valence-electron chi connectivity index (χ0n) is 14.4. The summed E-state index contributed by atoms with van der Waals surface area (Å²) in [5.74, 6) is -4.15. The second-order valence-electron chi connectivity index (χ2n) is 5.56. The lowest BCUT2D eigenvalue weighted by Crippen LogP contribution is -2.07. The molecule has 3 rings (SSSR count). The van der Waals surface area contributed by atoms with Crippen LogP contribution in [0.2, 0.25) is 0 Å². The molecular weight excluding hydrogens is 526 g/mol. The number of hydrogen-bond donors (Lipinski definition) is 2. The summed E-state index contributed by atoms with van der Waals surface area (Å²) >= 11 is 1.96. The smallest absolute Gasteiger partial charge is 0.416 e. The summed E-state index contributed by atoms with van der Waals surface area (Å²) in [5, 5.41) is 24.8. The molecule has 0 unspecified atom stereocenters. The van der Waals surface area contributed by atoms with Crippen LogP contribution >= 0.6 is 22.6 Å². The number of H-pyrrole nitrogens is 1. The van der Waals surface area contributed by atoms with Crippen molar-refractivity contribution in [2.45, 2.75) is 6.18 Å². The van der Waals surface area contributed by atoms with Gasteiger partial charge in [0.05, 0.1) is 11.3 Å². The first kappa shape index (κ1) is 21.4. The van der Waals surface area contributed by atoms with Gasteiger partial charge in [-0.2, -0.15) is 23.6 Å². The molecule has 30 heavy (non-hydrogen) atoms. The van der Waals surface area contributed by atoms with Gasteiger partial charge in [-0.3, -0.25) is 0 Å². The van der Waals surface area contributed by atoms with Crippen LogP contribution in [0.5, 0.6) is 11.5 Å². The summed E-state index contributed by atoms with van der Waals surface area (Å²) in [5.41, 5.74) is -1.31. The van der Waals surface area contributed by atoms with E-state index in [1.165, 1.54) is 18.3 Å². The van der Waals surface area contributed by atoms with Gasteiger partial charge in [0.2, 0.25) is 5.82 Å². The maximum Gasteiger partial charge on any atom is 0.416 e. The molecule has 0 bridgehead atoms. The maximum absolute atomic E-state index is 14.1. The lowest BCUT2D eigenvalue weighted by Gasteiger charge is -2.14. The van der Waals surface area contributed by atoms with Gasteiger partial charge in [-0.05, 0) is 58.1 Å². The van der Waals surface area contributed by atoms with Gasteiger partial charge >= 0.3 is 6.18 Å². The Morgan fingerprint density at radius 1 is 1.20 bits per heavy atom. The topological polar surface area (TPSA) is 99.5 Å². The molecule has 7 nitrogen and oxygen atoms in total. The molecular formula is C17H8F5IN6O. The van der Waals surface area contributed by atoms with Gasteiger partial charge in [0.25, 0.3) is 0 Å². The average molecular weight is 534 g/mol. The molecule has 0 aliphatic heterocycles. The van der Waals surface area contributed by atoms with E-state index in [4.69, 9.17) is 4.74 Å². The molecule has 2 aromatic carbocycles. The molecule has 0 aliphatic rings. The maximum atomic E-state index is 14.1. The summed E-state index contributed by atoms with van der Waals surface area (Å²) in [6.45, 7) is 0. The first-order valence-electron chi connectivity index (χ1n) is 7.83. The number of tetrazole rings is 1. The molecule has 0 atom stereocenters. The highest BCUT2D eigenvalue weighted by molar-refractivity contribution is 14.1. The second kappa shape index (κ2) is 8.61. The van der Waals surface area contributed by atoms with Crippen LogP contribution in [0.25, 0.3) is 5.57 Å². The normalized spacial score (nSPS) is 11.8. The first-order valence-corrected chi connectivity index (χ1v) is 8.91. The number of nitriles is 1. The van der Waals surface area contributed by atoms with Crippen molar-refractivity contribution in [2.75, 3.05) is 5.32 Å². The first-order chi connectivity index (χ1) is 14.2. The number of halogens is 6. The Bertz CT molecular complexity index is 1120. The van der Waals surface area contributed by atoms with Gasteiger partial charge in [0, 0.05) is 9.77 Å². The summed E-state index contributed by atoms with van der Waals surface area (Å²) in [6, 6.07) is 6.56. The second-order valence-corrected chi connectivity index (χ2v) is 6.80. The molecule has 2 N–H and O–H groups in total. The van der Waals surface area contributed by atoms with Crippen LogP contribution in [0.3, 0.4) is 0 Å². The van der Waals surface area contributed by atoms with Crippen molar-refractivity contribution >= 4 is 33.9 Å². The largest absolute Gasteiger partial charge is 0.449 e. The minimum absolute atomic E-state index is 0.00192. The van der Waals surface area contributed by atoms with Crippen molar-refractivity contribution in [1.29, 1.82) is 5.26 Å². The number of allylic oxidation sites excluding steroid dienone is 1. The van der Waals surface area contributed by atoms with Crippen molar-refractivity contribution in [3.63, 3.8) is 0 Å². The van der Waals surface area contributed by atoms with Crippen LogP contribution in [0.4, 0.5) is 27.6 Å². The molecule has 0 fully saturated rings. The Labute approximate surface area is 178 Å². The van der Waals surface area contributed by atoms with E-state index in [-0.39, 0.29) is 35.0 Å². The van der Waals surface area contributed by atoms with Crippen molar-refractivity contribution in [1.82, 2.24) is 20.6 Å². The molecule has 0 spiro atoms. The number of benzene rings is 2. The van der Waals surface area contributed by atoms with Gasteiger partial charge in [-0.1, -0.05) is 0 Å². The predicted molar refractivity (Wildman–Crippen MR) is 102 cm³/mol. The van der Waals surface area contributed by atoms with Crippen molar-refractivity contribution in [3.8, 4) is 17.6 Å². The molecule has 0 saturated carbocycles. The van der Waals surface area contributed by atoms with Crippen LogP contribution in [-0.2, 0) is 6.18 Å². The highest BCUT2D eigenvalue weighted by atomic mass is 127. The zero-order chi connectivity index (χ0) is 21.9. The predicted octanol–water partition coefficient (Wildman–Crippen LogP) is 4.87. The number of aromatic amines is 1. The van der Waals surface area contributed by atoms with E-state index in [1.807, 2.05) is 28.7 Å². The third kappa shape index (κ3) is 4.82. The molecule has 1 heterocycles. The number of alkyl halides is 3. The standard InChI is InChI=1S/C17H8F5IN6O/c18-11-3-9(17(20,21)22)4-12(19)15(11)30-14-2-1-10(23)5-13(14)25-7-8(6-24)16-26-28-29-27-16/h1-5,7,25H,(H,26,27,28,29). The Morgan fingerprint density at radius 2 is 1.90 bits per heavy atom. The monoisotopic (exact) mass is 534 g/mol. The molecule has 1 aromatic heterocycles. The Kier molecular flexibility index (Phi) is 6.15. The van der Waals surface area contributed by atoms with Crippen LogP contribution in [0.15, 0.2) is 36.5 Å². The highest BCUT2D eigenvalue weighted by Crippen LogP contribution is 2.37. The SMILES string of the molecule is N#CC(=CNc1cc(I)ccc1Oc1c(F)cc(C(F)(F)F)cc1F)c1nn[nH]n1. The number of hydrogen-bond acceptors (Lipinski definition) is 6. The van der Waals surface area contributed by atoms with Gasteiger partial charge in [-0.25, -0.2) is 8.78 Å². The van der Waals surface area contributed by atoms with Crippen molar-refractivity contribution < 1.29 is 26.7 Å². The summed E-state index contributed by atoms with van der Waals surface area (Å²) in [7, 11) is 0. The van der Waals surface area contributed by atoms with Crippen LogP contribution < -0.4 is 10.1 Å². The highest BCUT2D eigenvalue weighted by Gasteiger charge is 2.33. The average Bonchev–Trinajstić information content (AvgIpc) is 3.20. The molecule has 0 aliphatic carbocycles. The Balaban J connectivity index is 1.94. The number of rotatable bonds is 5. The summed E-state index contributed by atoms with van der Waals surface area (Å²) < 4.78 is 72.3. The fraction of sp³-hybridized carbons (Fsp3) is 0.0588. The van der Waals surface area contributed by atoms with E-state index < -0.39 is 29.1 Å². The van der Waals surface area contributed by atoms with E-state index in [9.17, 15) is 27.2 Å². The molecule has 154 valence electrons. The van der Waals surface area contributed by atoms with Gasteiger partial charge in [0.15, 0.2) is 23.1 Å². The molecule has 3 aromatic rings. The number of nitrogens with one attached hydrogen (secondary N) is 2. The number of nitrogens with zero attached hydrogens (tertiary/aromatic N) is 4. The van der Waals surface area contributed by atoms with E-state index in [1.54, 1.807) is 6.07 Å². The van der Waals surface area contributed by atoms with Crippen molar-refractivity contribution in [2.24, 2.45) is 0 Å². The van der Waals surface area contributed by atoms with E-state index in [0.29, 0.717) is 3.57 Å². The van der Waals surface area contributed by atoms with Crippen LogP contribution in [0, 0.1) is 26.5 Å². The van der Waals surface area contributed by atoms with Crippen LogP contribution in [-0.4, -0.2) is 20.6 Å². The fourth-order valence-electron chi connectivity index (χ4n) is 2.21. The summed E-state index contributed by atoms with van der Waals surface area (Å²) in [6.07, 6.45) is -3.70. The van der Waals surface area contributed by atoms with Gasteiger partial charge in [-0.15, -0.1) is 10.2 Å². The third-order valence-electron chi connectivity index (χ3n) is 3.56. The Hall–Kier alpha value is -3.28. The third-order valence-corrected chi connectivity index (χ3v) is 4.23. The number of aromatic nitrogens is 4. The number of anilines is 1.